The summed E-state index contributed by atoms with van der Waals surface area (Å²) in [6.45, 7) is 3.69. The summed E-state index contributed by atoms with van der Waals surface area (Å²) in [5.74, 6) is 1.39. The molecule has 0 aliphatic heterocycles. The van der Waals surface area contributed by atoms with E-state index in [9.17, 15) is 0 Å². The lowest BCUT2D eigenvalue weighted by Gasteiger charge is -2.14. The van der Waals surface area contributed by atoms with Gasteiger partial charge in [0.2, 0.25) is 0 Å². The molecule has 1 aliphatic carbocycles. The molecule has 112 valence electrons. The van der Waals surface area contributed by atoms with Crippen molar-refractivity contribution in [1.29, 1.82) is 0 Å². The molecular weight excluding hydrogens is 274 g/mol. The van der Waals surface area contributed by atoms with Crippen LogP contribution in [-0.4, -0.2) is 19.8 Å². The summed E-state index contributed by atoms with van der Waals surface area (Å²) in [7, 11) is 1.66. The molecule has 0 amide bonds. The summed E-state index contributed by atoms with van der Waals surface area (Å²) in [5, 5.41) is 4.11. The van der Waals surface area contributed by atoms with Gasteiger partial charge >= 0.3 is 0 Å². The summed E-state index contributed by atoms with van der Waals surface area (Å²) < 4.78 is 11.2. The van der Waals surface area contributed by atoms with E-state index in [0.29, 0.717) is 23.4 Å². The van der Waals surface area contributed by atoms with Crippen LogP contribution in [0.3, 0.4) is 0 Å². The summed E-state index contributed by atoms with van der Waals surface area (Å²) in [6.07, 6.45) is 5.96. The quantitative estimate of drug-likeness (QED) is 0.694. The lowest BCUT2D eigenvalue weighted by Crippen LogP contribution is -2.15. The maximum absolute atomic E-state index is 6.32. The first-order valence-electron chi connectivity index (χ1n) is 7.47. The number of rotatable bonds is 9. The molecule has 0 heterocycles. The topological polar surface area (TPSA) is 30.5 Å². The average molecular weight is 298 g/mol. The van der Waals surface area contributed by atoms with Crippen LogP contribution in [-0.2, 0) is 6.54 Å². The zero-order valence-corrected chi connectivity index (χ0v) is 13.1. The standard InChI is InChI=1S/C16H24ClNO2/c1-3-4-5-8-20-16-14(17)9-12(10-15(16)19-2)11-18-13-6-7-13/h9-10,13,18H,3-8,11H2,1-2H3. The van der Waals surface area contributed by atoms with Gasteiger partial charge in [-0.1, -0.05) is 31.4 Å². The molecule has 1 saturated carbocycles. The zero-order chi connectivity index (χ0) is 14.4. The van der Waals surface area contributed by atoms with Crippen LogP contribution in [0, 0.1) is 0 Å². The Hall–Kier alpha value is -0.930. The lowest BCUT2D eigenvalue weighted by molar-refractivity contribution is 0.286. The smallest absolute Gasteiger partial charge is 0.179 e. The molecule has 0 bridgehead atoms. The Morgan fingerprint density at radius 3 is 2.75 bits per heavy atom. The van der Waals surface area contributed by atoms with Crippen LogP contribution in [0.15, 0.2) is 12.1 Å². The van der Waals surface area contributed by atoms with Gasteiger partial charge in [0.1, 0.15) is 0 Å². The Labute approximate surface area is 126 Å². The van der Waals surface area contributed by atoms with E-state index < -0.39 is 0 Å². The summed E-state index contributed by atoms with van der Waals surface area (Å²) >= 11 is 6.32. The fraction of sp³-hybridized carbons (Fsp3) is 0.625. The highest BCUT2D eigenvalue weighted by molar-refractivity contribution is 6.32. The average Bonchev–Trinajstić information content (AvgIpc) is 3.26. The fourth-order valence-corrected chi connectivity index (χ4v) is 2.38. The molecule has 4 heteroatoms. The van der Waals surface area contributed by atoms with Crippen LogP contribution < -0.4 is 14.8 Å². The highest BCUT2D eigenvalue weighted by Crippen LogP contribution is 2.36. The van der Waals surface area contributed by atoms with E-state index in [0.717, 1.165) is 24.3 Å². The van der Waals surface area contributed by atoms with E-state index in [-0.39, 0.29) is 0 Å². The Balaban J connectivity index is 1.98. The first-order chi connectivity index (χ1) is 9.74. The normalized spacial score (nSPS) is 14.3. The number of hydrogen-bond acceptors (Lipinski definition) is 3. The third-order valence-electron chi connectivity index (χ3n) is 3.46. The Kier molecular flexibility index (Phi) is 5.99. The molecule has 0 unspecified atom stereocenters. The van der Waals surface area contributed by atoms with E-state index in [1.807, 2.05) is 12.1 Å². The molecule has 0 radical (unpaired) electrons. The van der Waals surface area contributed by atoms with E-state index >= 15 is 0 Å². The van der Waals surface area contributed by atoms with Crippen LogP contribution in [0.5, 0.6) is 11.5 Å². The minimum Gasteiger partial charge on any atom is -0.493 e. The van der Waals surface area contributed by atoms with Gasteiger partial charge in [-0.25, -0.2) is 0 Å². The number of unbranched alkanes of at least 4 members (excludes halogenated alkanes) is 2. The first-order valence-corrected chi connectivity index (χ1v) is 7.85. The van der Waals surface area contributed by atoms with Gasteiger partial charge in [-0.15, -0.1) is 0 Å². The van der Waals surface area contributed by atoms with Crippen LogP contribution >= 0.6 is 11.6 Å². The predicted octanol–water partition coefficient (Wildman–Crippen LogP) is 4.17. The second-order valence-corrected chi connectivity index (χ2v) is 5.73. The fourth-order valence-electron chi connectivity index (χ4n) is 2.09. The van der Waals surface area contributed by atoms with Gasteiger partial charge < -0.3 is 14.8 Å². The zero-order valence-electron chi connectivity index (χ0n) is 12.4. The number of hydrogen-bond donors (Lipinski definition) is 1. The van der Waals surface area contributed by atoms with Crippen molar-refractivity contribution in [1.82, 2.24) is 5.32 Å². The number of halogens is 1. The summed E-state index contributed by atoms with van der Waals surface area (Å²) in [6, 6.07) is 4.66. The van der Waals surface area contributed by atoms with Crippen LogP contribution in [0.2, 0.25) is 5.02 Å². The third kappa shape index (κ3) is 4.57. The lowest BCUT2D eigenvalue weighted by atomic mass is 10.2. The van der Waals surface area contributed by atoms with Gasteiger partial charge in [-0.3, -0.25) is 0 Å². The maximum atomic E-state index is 6.32. The molecule has 1 N–H and O–H groups in total. The largest absolute Gasteiger partial charge is 0.493 e. The second-order valence-electron chi connectivity index (χ2n) is 5.32. The van der Waals surface area contributed by atoms with E-state index in [4.69, 9.17) is 21.1 Å². The van der Waals surface area contributed by atoms with Crippen molar-refractivity contribution >= 4 is 11.6 Å². The van der Waals surface area contributed by atoms with Crippen LogP contribution in [0.25, 0.3) is 0 Å². The number of methoxy groups -OCH3 is 1. The van der Waals surface area contributed by atoms with Crippen molar-refractivity contribution in [2.45, 2.75) is 51.6 Å². The van der Waals surface area contributed by atoms with Crippen molar-refractivity contribution in [3.05, 3.63) is 22.7 Å². The van der Waals surface area contributed by atoms with Crippen molar-refractivity contribution in [2.75, 3.05) is 13.7 Å². The van der Waals surface area contributed by atoms with Crippen molar-refractivity contribution in [2.24, 2.45) is 0 Å². The van der Waals surface area contributed by atoms with Gasteiger partial charge in [0.15, 0.2) is 11.5 Å². The summed E-state index contributed by atoms with van der Waals surface area (Å²) in [5.41, 5.74) is 1.14. The van der Waals surface area contributed by atoms with E-state index in [2.05, 4.69) is 12.2 Å². The third-order valence-corrected chi connectivity index (χ3v) is 3.74. The molecule has 3 nitrogen and oxygen atoms in total. The number of nitrogens with one attached hydrogen (secondary N) is 1. The van der Waals surface area contributed by atoms with Crippen molar-refractivity contribution < 1.29 is 9.47 Å². The molecule has 1 aliphatic rings. The SMILES string of the molecule is CCCCCOc1c(Cl)cc(CNC2CC2)cc1OC. The van der Waals surface area contributed by atoms with Gasteiger partial charge in [0.25, 0.3) is 0 Å². The van der Waals surface area contributed by atoms with Crippen LogP contribution in [0.1, 0.15) is 44.6 Å². The molecule has 20 heavy (non-hydrogen) atoms. The number of benzene rings is 1. The molecule has 2 rings (SSSR count). The monoisotopic (exact) mass is 297 g/mol. The molecular formula is C16H24ClNO2. The van der Waals surface area contributed by atoms with E-state index in [1.165, 1.54) is 25.7 Å². The molecule has 1 aromatic carbocycles. The minimum atomic E-state index is 0.633. The molecule has 1 aromatic rings. The molecule has 0 atom stereocenters. The van der Waals surface area contributed by atoms with Gasteiger partial charge in [-0.05, 0) is 37.0 Å². The minimum absolute atomic E-state index is 0.633. The molecule has 0 aromatic heterocycles. The second kappa shape index (κ2) is 7.75. The predicted molar refractivity (Wildman–Crippen MR) is 82.9 cm³/mol. The van der Waals surface area contributed by atoms with Gasteiger partial charge in [-0.2, -0.15) is 0 Å². The Bertz CT molecular complexity index is 433. The highest BCUT2D eigenvalue weighted by Gasteiger charge is 2.20. The Morgan fingerprint density at radius 2 is 2.10 bits per heavy atom. The van der Waals surface area contributed by atoms with Crippen LogP contribution in [0.4, 0.5) is 0 Å². The molecule has 0 spiro atoms. The first kappa shape index (κ1) is 15.5. The highest BCUT2D eigenvalue weighted by atomic mass is 35.5. The van der Waals surface area contributed by atoms with Crippen molar-refractivity contribution in [3.8, 4) is 11.5 Å². The summed E-state index contributed by atoms with van der Waals surface area (Å²) in [4.78, 5) is 0. The Morgan fingerprint density at radius 1 is 1.30 bits per heavy atom. The maximum Gasteiger partial charge on any atom is 0.179 e. The van der Waals surface area contributed by atoms with Gasteiger partial charge in [0.05, 0.1) is 18.7 Å². The molecule has 0 saturated heterocycles. The number of ether oxygens (including phenoxy) is 2. The van der Waals surface area contributed by atoms with Crippen molar-refractivity contribution in [3.63, 3.8) is 0 Å². The van der Waals surface area contributed by atoms with Gasteiger partial charge in [0, 0.05) is 12.6 Å². The molecule has 1 fully saturated rings. The van der Waals surface area contributed by atoms with E-state index in [1.54, 1.807) is 7.11 Å².